The monoisotopic (exact) mass is 275 g/mol. The molecule has 1 N–H and O–H groups in total. The van der Waals surface area contributed by atoms with Crippen molar-refractivity contribution in [3.8, 4) is 0 Å². The molecule has 0 fully saturated rings. The van der Waals surface area contributed by atoms with E-state index in [9.17, 15) is 8.78 Å². The molecule has 0 aliphatic heterocycles. The molecule has 0 unspecified atom stereocenters. The molecule has 0 saturated carbocycles. The van der Waals surface area contributed by atoms with E-state index < -0.39 is 11.6 Å². The smallest absolute Gasteiger partial charge is 0.146 e. The van der Waals surface area contributed by atoms with Gasteiger partial charge in [-0.3, -0.25) is 0 Å². The molecule has 0 amide bonds. The molecule has 0 aromatic heterocycles. The van der Waals surface area contributed by atoms with E-state index in [1.165, 1.54) is 23.3 Å². The van der Waals surface area contributed by atoms with Crippen LogP contribution in [0.4, 0.5) is 14.5 Å². The molecule has 0 heterocycles. The van der Waals surface area contributed by atoms with Gasteiger partial charge in [0.2, 0.25) is 0 Å². The SMILES string of the molecule is Cc1cc(C)c(CNc2cc(F)c(C)cc2F)cc1C. The first kappa shape index (κ1) is 14.5. The summed E-state index contributed by atoms with van der Waals surface area (Å²) >= 11 is 0. The van der Waals surface area contributed by atoms with Crippen LogP contribution in [0.1, 0.15) is 27.8 Å². The number of benzene rings is 2. The van der Waals surface area contributed by atoms with Crippen LogP contribution in [0.5, 0.6) is 0 Å². The summed E-state index contributed by atoms with van der Waals surface area (Å²) in [7, 11) is 0. The van der Waals surface area contributed by atoms with Crippen LogP contribution < -0.4 is 5.32 Å². The molecular formula is C17H19F2N. The Morgan fingerprint density at radius 3 is 2.10 bits per heavy atom. The lowest BCUT2D eigenvalue weighted by molar-refractivity contribution is 0.594. The van der Waals surface area contributed by atoms with E-state index in [0.717, 1.165) is 11.1 Å². The number of hydrogen-bond donors (Lipinski definition) is 1. The van der Waals surface area contributed by atoms with Gasteiger partial charge in [-0.1, -0.05) is 12.1 Å². The number of nitrogens with one attached hydrogen (secondary N) is 1. The third-order valence-electron chi connectivity index (χ3n) is 3.67. The van der Waals surface area contributed by atoms with Crippen LogP contribution in [0.15, 0.2) is 24.3 Å². The summed E-state index contributed by atoms with van der Waals surface area (Å²) in [5.41, 5.74) is 5.19. The van der Waals surface area contributed by atoms with Gasteiger partial charge in [0, 0.05) is 12.6 Å². The van der Waals surface area contributed by atoms with Crippen LogP contribution in [-0.4, -0.2) is 0 Å². The second-order valence-corrected chi connectivity index (χ2v) is 5.30. The normalized spacial score (nSPS) is 10.7. The van der Waals surface area contributed by atoms with Gasteiger partial charge in [0.15, 0.2) is 0 Å². The molecule has 0 radical (unpaired) electrons. The molecule has 0 aliphatic rings. The van der Waals surface area contributed by atoms with Crippen LogP contribution in [0.3, 0.4) is 0 Å². The third-order valence-corrected chi connectivity index (χ3v) is 3.67. The lowest BCUT2D eigenvalue weighted by Gasteiger charge is -2.13. The van der Waals surface area contributed by atoms with Crippen molar-refractivity contribution in [2.24, 2.45) is 0 Å². The summed E-state index contributed by atoms with van der Waals surface area (Å²) < 4.78 is 27.2. The maximum atomic E-state index is 13.7. The fraction of sp³-hybridized carbons (Fsp3) is 0.294. The molecule has 2 aromatic rings. The molecule has 0 aliphatic carbocycles. The highest BCUT2D eigenvalue weighted by molar-refractivity contribution is 5.48. The van der Waals surface area contributed by atoms with Gasteiger partial charge in [0.05, 0.1) is 5.69 Å². The fourth-order valence-electron chi connectivity index (χ4n) is 2.18. The summed E-state index contributed by atoms with van der Waals surface area (Å²) in [4.78, 5) is 0. The Morgan fingerprint density at radius 1 is 0.750 bits per heavy atom. The average molecular weight is 275 g/mol. The van der Waals surface area contributed by atoms with Crippen molar-refractivity contribution in [3.05, 3.63) is 63.7 Å². The fourth-order valence-corrected chi connectivity index (χ4v) is 2.18. The van der Waals surface area contributed by atoms with Crippen molar-refractivity contribution in [1.82, 2.24) is 0 Å². The largest absolute Gasteiger partial charge is 0.379 e. The zero-order valence-electron chi connectivity index (χ0n) is 12.3. The Balaban J connectivity index is 2.21. The molecular weight excluding hydrogens is 256 g/mol. The summed E-state index contributed by atoms with van der Waals surface area (Å²) in [6, 6.07) is 6.62. The number of hydrogen-bond acceptors (Lipinski definition) is 1. The topological polar surface area (TPSA) is 12.0 Å². The first-order chi connectivity index (χ1) is 9.38. The zero-order valence-corrected chi connectivity index (χ0v) is 12.3. The lowest BCUT2D eigenvalue weighted by atomic mass is 10.0. The number of aryl methyl sites for hydroxylation is 4. The van der Waals surface area contributed by atoms with E-state index in [0.29, 0.717) is 12.1 Å². The van der Waals surface area contributed by atoms with Crippen molar-refractivity contribution in [2.45, 2.75) is 34.2 Å². The molecule has 0 atom stereocenters. The molecule has 2 rings (SSSR count). The van der Waals surface area contributed by atoms with E-state index >= 15 is 0 Å². The minimum atomic E-state index is -0.426. The molecule has 0 saturated heterocycles. The first-order valence-electron chi connectivity index (χ1n) is 6.64. The molecule has 0 bridgehead atoms. The van der Waals surface area contributed by atoms with E-state index in [1.807, 2.05) is 13.8 Å². The highest BCUT2D eigenvalue weighted by Crippen LogP contribution is 2.21. The Kier molecular flexibility index (Phi) is 4.07. The van der Waals surface area contributed by atoms with Gasteiger partial charge < -0.3 is 5.32 Å². The van der Waals surface area contributed by atoms with Gasteiger partial charge in [0.25, 0.3) is 0 Å². The molecule has 20 heavy (non-hydrogen) atoms. The minimum absolute atomic E-state index is 0.200. The summed E-state index contributed by atoms with van der Waals surface area (Å²) in [6.07, 6.45) is 0. The molecule has 106 valence electrons. The zero-order chi connectivity index (χ0) is 14.9. The highest BCUT2D eigenvalue weighted by atomic mass is 19.1. The Hall–Kier alpha value is -1.90. The second-order valence-electron chi connectivity index (χ2n) is 5.30. The Morgan fingerprint density at radius 2 is 1.40 bits per heavy atom. The highest BCUT2D eigenvalue weighted by Gasteiger charge is 2.08. The predicted molar refractivity (Wildman–Crippen MR) is 79.1 cm³/mol. The Bertz CT molecular complexity index is 590. The lowest BCUT2D eigenvalue weighted by Crippen LogP contribution is -2.05. The molecule has 2 aromatic carbocycles. The maximum Gasteiger partial charge on any atom is 0.146 e. The first-order valence-corrected chi connectivity index (χ1v) is 6.64. The van der Waals surface area contributed by atoms with Crippen molar-refractivity contribution in [1.29, 1.82) is 0 Å². The summed E-state index contributed by atoms with van der Waals surface area (Å²) in [6.45, 7) is 8.16. The van der Waals surface area contributed by atoms with Crippen LogP contribution in [0.25, 0.3) is 0 Å². The maximum absolute atomic E-state index is 13.7. The number of rotatable bonds is 3. The van der Waals surface area contributed by atoms with Gasteiger partial charge in [-0.05, 0) is 61.6 Å². The van der Waals surface area contributed by atoms with Crippen LogP contribution in [-0.2, 0) is 6.54 Å². The number of anilines is 1. The van der Waals surface area contributed by atoms with E-state index in [1.54, 1.807) is 6.92 Å². The molecule has 0 spiro atoms. The second kappa shape index (κ2) is 5.61. The van der Waals surface area contributed by atoms with Gasteiger partial charge >= 0.3 is 0 Å². The van der Waals surface area contributed by atoms with E-state index in [4.69, 9.17) is 0 Å². The van der Waals surface area contributed by atoms with Crippen molar-refractivity contribution >= 4 is 5.69 Å². The summed E-state index contributed by atoms with van der Waals surface area (Å²) in [5.74, 6) is -0.823. The van der Waals surface area contributed by atoms with E-state index in [-0.39, 0.29) is 5.69 Å². The van der Waals surface area contributed by atoms with Gasteiger partial charge in [-0.15, -0.1) is 0 Å². The van der Waals surface area contributed by atoms with Gasteiger partial charge in [0.1, 0.15) is 11.6 Å². The average Bonchev–Trinajstić information content (AvgIpc) is 2.37. The Labute approximate surface area is 118 Å². The third kappa shape index (κ3) is 2.98. The predicted octanol–water partition coefficient (Wildman–Crippen LogP) is 4.81. The van der Waals surface area contributed by atoms with Gasteiger partial charge in [-0.25, -0.2) is 8.78 Å². The van der Waals surface area contributed by atoms with Crippen molar-refractivity contribution in [3.63, 3.8) is 0 Å². The standard InChI is InChI=1S/C17H19F2N/c1-10-5-12(3)14(6-11(10)2)9-20-17-8-15(18)13(4)7-16(17)19/h5-8,20H,9H2,1-4H3. The van der Waals surface area contributed by atoms with Crippen molar-refractivity contribution < 1.29 is 8.78 Å². The minimum Gasteiger partial charge on any atom is -0.379 e. The molecule has 3 heteroatoms. The van der Waals surface area contributed by atoms with E-state index in [2.05, 4.69) is 24.4 Å². The van der Waals surface area contributed by atoms with Crippen LogP contribution in [0.2, 0.25) is 0 Å². The summed E-state index contributed by atoms with van der Waals surface area (Å²) in [5, 5.41) is 2.97. The number of halogens is 2. The van der Waals surface area contributed by atoms with Gasteiger partial charge in [-0.2, -0.15) is 0 Å². The molecule has 1 nitrogen and oxygen atoms in total. The van der Waals surface area contributed by atoms with Crippen LogP contribution >= 0.6 is 0 Å². The van der Waals surface area contributed by atoms with Crippen LogP contribution in [0, 0.1) is 39.3 Å². The van der Waals surface area contributed by atoms with Crippen molar-refractivity contribution in [2.75, 3.05) is 5.32 Å². The quantitative estimate of drug-likeness (QED) is 0.847.